The van der Waals surface area contributed by atoms with Gasteiger partial charge in [0.05, 0.1) is 0 Å². The van der Waals surface area contributed by atoms with Crippen molar-refractivity contribution in [1.82, 2.24) is 9.97 Å². The van der Waals surface area contributed by atoms with E-state index in [0.29, 0.717) is 29.5 Å². The molecule has 5 heteroatoms. The zero-order valence-electron chi connectivity index (χ0n) is 13.0. The van der Waals surface area contributed by atoms with Crippen molar-refractivity contribution in [3.05, 3.63) is 11.9 Å². The molecule has 0 spiro atoms. The quantitative estimate of drug-likeness (QED) is 0.527. The van der Waals surface area contributed by atoms with Gasteiger partial charge in [0.15, 0.2) is 0 Å². The number of nitrogens with one attached hydrogen (secondary N) is 2. The molecule has 5 nitrogen and oxygen atoms in total. The Bertz CT molecular complexity index is 432. The number of nitrogen functional groups attached to an aromatic ring is 1. The van der Waals surface area contributed by atoms with Gasteiger partial charge in [-0.3, -0.25) is 0 Å². The van der Waals surface area contributed by atoms with E-state index >= 15 is 0 Å². The third kappa shape index (κ3) is 3.82. The SMILES string of the molecule is CC(C)C(CNc1cc(NN)nc(C2CC2)n1)C(C)C. The molecule has 0 amide bonds. The Morgan fingerprint density at radius 2 is 1.75 bits per heavy atom. The smallest absolute Gasteiger partial charge is 0.145 e. The van der Waals surface area contributed by atoms with Crippen LogP contribution in [0.4, 0.5) is 11.6 Å². The third-order valence-corrected chi connectivity index (χ3v) is 4.07. The van der Waals surface area contributed by atoms with Crippen molar-refractivity contribution in [3.8, 4) is 0 Å². The van der Waals surface area contributed by atoms with Crippen molar-refractivity contribution >= 4 is 11.6 Å². The van der Waals surface area contributed by atoms with Crippen molar-refractivity contribution in [2.45, 2.75) is 46.5 Å². The molecule has 1 aliphatic rings. The fraction of sp³-hybridized carbons (Fsp3) is 0.733. The molecule has 0 bridgehead atoms. The summed E-state index contributed by atoms with van der Waals surface area (Å²) in [5.74, 6) is 10.4. The summed E-state index contributed by atoms with van der Waals surface area (Å²) in [7, 11) is 0. The molecule has 1 heterocycles. The van der Waals surface area contributed by atoms with Crippen LogP contribution in [0.5, 0.6) is 0 Å². The zero-order chi connectivity index (χ0) is 14.7. The predicted molar refractivity (Wildman–Crippen MR) is 83.5 cm³/mol. The van der Waals surface area contributed by atoms with Gasteiger partial charge in [-0.25, -0.2) is 15.8 Å². The number of aromatic nitrogens is 2. The molecule has 1 saturated carbocycles. The highest BCUT2D eigenvalue weighted by Gasteiger charge is 2.27. The monoisotopic (exact) mass is 277 g/mol. The molecule has 1 aromatic rings. The standard InChI is InChI=1S/C15H27N5/c1-9(2)12(10(3)4)8-17-13-7-14(20-16)19-15(18-13)11-5-6-11/h7,9-12H,5-6,8,16H2,1-4H3,(H2,17,18,19,20). The van der Waals surface area contributed by atoms with Crippen molar-refractivity contribution in [2.75, 3.05) is 17.3 Å². The maximum absolute atomic E-state index is 5.49. The lowest BCUT2D eigenvalue weighted by Gasteiger charge is -2.25. The molecule has 0 aromatic carbocycles. The Morgan fingerprint density at radius 1 is 1.15 bits per heavy atom. The average molecular weight is 277 g/mol. The van der Waals surface area contributed by atoms with Gasteiger partial charge in [-0.1, -0.05) is 27.7 Å². The van der Waals surface area contributed by atoms with E-state index in [4.69, 9.17) is 5.84 Å². The van der Waals surface area contributed by atoms with Crippen molar-refractivity contribution < 1.29 is 0 Å². The number of anilines is 2. The van der Waals surface area contributed by atoms with Gasteiger partial charge in [0.25, 0.3) is 0 Å². The summed E-state index contributed by atoms with van der Waals surface area (Å²) in [6.07, 6.45) is 2.38. The maximum Gasteiger partial charge on any atom is 0.145 e. The highest BCUT2D eigenvalue weighted by atomic mass is 15.3. The largest absolute Gasteiger partial charge is 0.370 e. The molecule has 1 aliphatic carbocycles. The van der Waals surface area contributed by atoms with Crippen LogP contribution in [0, 0.1) is 17.8 Å². The summed E-state index contributed by atoms with van der Waals surface area (Å²) in [6, 6.07) is 1.88. The Balaban J connectivity index is 2.06. The predicted octanol–water partition coefficient (Wildman–Crippen LogP) is 2.98. The van der Waals surface area contributed by atoms with Crippen LogP contribution in [-0.4, -0.2) is 16.5 Å². The van der Waals surface area contributed by atoms with Crippen LogP contribution in [-0.2, 0) is 0 Å². The van der Waals surface area contributed by atoms with Crippen LogP contribution >= 0.6 is 0 Å². The normalized spacial score (nSPS) is 15.2. The molecule has 20 heavy (non-hydrogen) atoms. The molecule has 0 aliphatic heterocycles. The van der Waals surface area contributed by atoms with Gasteiger partial charge in [-0.2, -0.15) is 0 Å². The molecule has 4 N–H and O–H groups in total. The summed E-state index contributed by atoms with van der Waals surface area (Å²) in [4.78, 5) is 9.04. The van der Waals surface area contributed by atoms with Gasteiger partial charge < -0.3 is 10.7 Å². The van der Waals surface area contributed by atoms with E-state index in [1.807, 2.05) is 6.07 Å². The zero-order valence-corrected chi connectivity index (χ0v) is 13.0. The molecule has 0 unspecified atom stereocenters. The summed E-state index contributed by atoms with van der Waals surface area (Å²) >= 11 is 0. The first-order valence-corrected chi connectivity index (χ1v) is 7.60. The lowest BCUT2D eigenvalue weighted by atomic mass is 9.85. The van der Waals surface area contributed by atoms with E-state index in [2.05, 4.69) is 48.4 Å². The van der Waals surface area contributed by atoms with Gasteiger partial charge in [0.2, 0.25) is 0 Å². The second kappa shape index (κ2) is 6.39. The average Bonchev–Trinajstić information content (AvgIpc) is 3.22. The number of hydrazine groups is 1. The number of hydrogen-bond donors (Lipinski definition) is 3. The summed E-state index contributed by atoms with van der Waals surface area (Å²) in [5.41, 5.74) is 2.63. The highest BCUT2D eigenvalue weighted by molar-refractivity contribution is 5.47. The van der Waals surface area contributed by atoms with Crippen LogP contribution in [0.3, 0.4) is 0 Å². The van der Waals surface area contributed by atoms with Crippen molar-refractivity contribution in [3.63, 3.8) is 0 Å². The minimum absolute atomic E-state index is 0.523. The summed E-state index contributed by atoms with van der Waals surface area (Å²) < 4.78 is 0. The minimum Gasteiger partial charge on any atom is -0.370 e. The van der Waals surface area contributed by atoms with Gasteiger partial charge in [-0.05, 0) is 30.6 Å². The molecule has 112 valence electrons. The Morgan fingerprint density at radius 3 is 2.25 bits per heavy atom. The van der Waals surface area contributed by atoms with Crippen LogP contribution < -0.4 is 16.6 Å². The topological polar surface area (TPSA) is 75.9 Å². The number of rotatable bonds is 7. The van der Waals surface area contributed by atoms with E-state index < -0.39 is 0 Å². The third-order valence-electron chi connectivity index (χ3n) is 4.07. The fourth-order valence-electron chi connectivity index (χ4n) is 2.62. The molecule has 1 aromatic heterocycles. The summed E-state index contributed by atoms with van der Waals surface area (Å²) in [6.45, 7) is 10.0. The lowest BCUT2D eigenvalue weighted by molar-refractivity contribution is 0.304. The molecule has 1 fully saturated rings. The van der Waals surface area contributed by atoms with E-state index in [0.717, 1.165) is 18.2 Å². The highest BCUT2D eigenvalue weighted by Crippen LogP contribution is 2.38. The second-order valence-electron chi connectivity index (χ2n) is 6.45. The molecular formula is C15H27N5. The van der Waals surface area contributed by atoms with Crippen molar-refractivity contribution in [1.29, 1.82) is 0 Å². The minimum atomic E-state index is 0.523. The fourth-order valence-corrected chi connectivity index (χ4v) is 2.62. The molecule has 2 rings (SSSR count). The summed E-state index contributed by atoms with van der Waals surface area (Å²) in [5, 5.41) is 3.46. The van der Waals surface area contributed by atoms with Crippen molar-refractivity contribution in [2.24, 2.45) is 23.6 Å². The van der Waals surface area contributed by atoms with Gasteiger partial charge in [-0.15, -0.1) is 0 Å². The van der Waals surface area contributed by atoms with E-state index in [9.17, 15) is 0 Å². The molecular weight excluding hydrogens is 250 g/mol. The molecule has 0 radical (unpaired) electrons. The van der Waals surface area contributed by atoms with Crippen LogP contribution in [0.15, 0.2) is 6.07 Å². The Hall–Kier alpha value is -1.36. The Labute approximate surface area is 121 Å². The first kappa shape index (κ1) is 15.0. The molecule has 0 atom stereocenters. The van der Waals surface area contributed by atoms with Gasteiger partial charge in [0.1, 0.15) is 17.5 Å². The Kier molecular flexibility index (Phi) is 4.81. The number of nitrogens with two attached hydrogens (primary N) is 1. The number of hydrogen-bond acceptors (Lipinski definition) is 5. The van der Waals surface area contributed by atoms with E-state index in [-0.39, 0.29) is 0 Å². The van der Waals surface area contributed by atoms with Crippen LogP contribution in [0.25, 0.3) is 0 Å². The van der Waals surface area contributed by atoms with E-state index in [1.165, 1.54) is 12.8 Å². The first-order chi connectivity index (χ1) is 9.51. The van der Waals surface area contributed by atoms with Gasteiger partial charge >= 0.3 is 0 Å². The lowest BCUT2D eigenvalue weighted by Crippen LogP contribution is -2.25. The van der Waals surface area contributed by atoms with E-state index in [1.54, 1.807) is 0 Å². The first-order valence-electron chi connectivity index (χ1n) is 7.60. The maximum atomic E-state index is 5.49. The van der Waals surface area contributed by atoms with Crippen LogP contribution in [0.2, 0.25) is 0 Å². The molecule has 0 saturated heterocycles. The number of nitrogens with zero attached hydrogens (tertiary/aromatic N) is 2. The van der Waals surface area contributed by atoms with Gasteiger partial charge in [0, 0.05) is 18.5 Å². The van der Waals surface area contributed by atoms with Crippen LogP contribution in [0.1, 0.15) is 52.3 Å². The second-order valence-corrected chi connectivity index (χ2v) is 6.45.